The summed E-state index contributed by atoms with van der Waals surface area (Å²) >= 11 is 0. The maximum atomic E-state index is 13.5. The van der Waals surface area contributed by atoms with E-state index in [2.05, 4.69) is 17.1 Å². The van der Waals surface area contributed by atoms with E-state index in [-0.39, 0.29) is 11.9 Å². The van der Waals surface area contributed by atoms with E-state index in [0.29, 0.717) is 37.1 Å². The topological polar surface area (TPSA) is 75.6 Å². The van der Waals surface area contributed by atoms with E-state index >= 15 is 0 Å². The normalized spacial score (nSPS) is 20.7. The molecule has 1 amide bonds. The molecule has 2 aromatic rings. The van der Waals surface area contributed by atoms with Gasteiger partial charge in [0.15, 0.2) is 0 Å². The van der Waals surface area contributed by atoms with Gasteiger partial charge in [-0.3, -0.25) is 9.69 Å². The Balaban J connectivity index is 1.64. The smallest absolute Gasteiger partial charge is 0.257 e. The van der Waals surface area contributed by atoms with E-state index in [1.165, 1.54) is 0 Å². The van der Waals surface area contributed by atoms with E-state index in [1.54, 1.807) is 19.2 Å². The van der Waals surface area contributed by atoms with Gasteiger partial charge in [0.2, 0.25) is 0 Å². The SMILES string of the molecule is CCOc1ccc(C2CC(c3ccc(OC)cc3OC)=NN2C(=O)CN2CCNCC2C)cc1. The van der Waals surface area contributed by atoms with Crippen molar-refractivity contribution in [2.75, 3.05) is 47.0 Å². The first kappa shape index (κ1) is 24.0. The maximum absolute atomic E-state index is 13.5. The van der Waals surface area contributed by atoms with Crippen LogP contribution in [0.25, 0.3) is 0 Å². The Morgan fingerprint density at radius 1 is 1.12 bits per heavy atom. The number of rotatable bonds is 8. The van der Waals surface area contributed by atoms with Crippen LogP contribution in [0.15, 0.2) is 47.6 Å². The summed E-state index contributed by atoms with van der Waals surface area (Å²) in [5.74, 6) is 2.20. The van der Waals surface area contributed by atoms with Crippen molar-refractivity contribution < 1.29 is 19.0 Å². The number of nitrogens with one attached hydrogen (secondary N) is 1. The fraction of sp³-hybridized carbons (Fsp3) is 0.462. The quantitative estimate of drug-likeness (QED) is 0.645. The van der Waals surface area contributed by atoms with Gasteiger partial charge in [-0.15, -0.1) is 0 Å². The number of piperazine rings is 1. The third-order valence-corrected chi connectivity index (χ3v) is 6.44. The van der Waals surface area contributed by atoms with Gasteiger partial charge in [-0.25, -0.2) is 5.01 Å². The molecule has 182 valence electrons. The van der Waals surface area contributed by atoms with Crippen LogP contribution in [0.1, 0.15) is 37.4 Å². The highest BCUT2D eigenvalue weighted by atomic mass is 16.5. The molecule has 1 N–H and O–H groups in total. The molecule has 2 aliphatic heterocycles. The molecule has 34 heavy (non-hydrogen) atoms. The molecule has 1 fully saturated rings. The van der Waals surface area contributed by atoms with E-state index in [4.69, 9.17) is 19.3 Å². The summed E-state index contributed by atoms with van der Waals surface area (Å²) in [7, 11) is 3.26. The van der Waals surface area contributed by atoms with Crippen LogP contribution >= 0.6 is 0 Å². The van der Waals surface area contributed by atoms with Crippen molar-refractivity contribution >= 4 is 11.6 Å². The Labute approximate surface area is 201 Å². The van der Waals surface area contributed by atoms with Crippen molar-refractivity contribution in [3.05, 3.63) is 53.6 Å². The lowest BCUT2D eigenvalue weighted by Crippen LogP contribution is -2.52. The standard InChI is InChI=1S/C26H34N4O4/c1-5-34-20-8-6-19(7-9-20)24-15-23(22-11-10-21(32-3)14-25(22)33-4)28-30(24)26(31)17-29-13-12-27-16-18(29)2/h6-11,14,18,24,27H,5,12-13,15-17H2,1-4H3. The van der Waals surface area contributed by atoms with Crippen molar-refractivity contribution in [2.45, 2.75) is 32.4 Å². The number of carbonyl (C=O) groups is 1. The van der Waals surface area contributed by atoms with Gasteiger partial charge in [-0.05, 0) is 43.7 Å². The molecule has 0 aromatic heterocycles. The van der Waals surface area contributed by atoms with Crippen LogP contribution in [0, 0.1) is 0 Å². The molecule has 2 heterocycles. The van der Waals surface area contributed by atoms with Crippen molar-refractivity contribution in [1.82, 2.24) is 15.2 Å². The Hall–Kier alpha value is -3.10. The molecule has 0 aliphatic carbocycles. The summed E-state index contributed by atoms with van der Waals surface area (Å²) < 4.78 is 16.6. The predicted octanol–water partition coefficient (Wildman–Crippen LogP) is 3.07. The van der Waals surface area contributed by atoms with E-state index < -0.39 is 0 Å². The second-order valence-corrected chi connectivity index (χ2v) is 8.60. The number of hydrogen-bond donors (Lipinski definition) is 1. The number of carbonyl (C=O) groups excluding carboxylic acids is 1. The second kappa shape index (κ2) is 10.9. The number of hydrazone groups is 1. The Bertz CT molecular complexity index is 1020. The molecule has 8 heteroatoms. The molecule has 0 bridgehead atoms. The summed E-state index contributed by atoms with van der Waals surface area (Å²) in [5, 5.41) is 9.87. The van der Waals surface area contributed by atoms with Crippen LogP contribution in [0.5, 0.6) is 17.2 Å². The third kappa shape index (κ3) is 5.18. The van der Waals surface area contributed by atoms with Gasteiger partial charge in [-0.1, -0.05) is 12.1 Å². The van der Waals surface area contributed by atoms with Crippen molar-refractivity contribution in [3.63, 3.8) is 0 Å². The number of benzene rings is 2. The van der Waals surface area contributed by atoms with Gasteiger partial charge in [0.1, 0.15) is 17.2 Å². The molecular formula is C26H34N4O4. The molecule has 0 radical (unpaired) electrons. The molecule has 0 spiro atoms. The first-order valence-corrected chi connectivity index (χ1v) is 11.8. The average Bonchev–Trinajstić information content (AvgIpc) is 3.31. The summed E-state index contributed by atoms with van der Waals surface area (Å²) in [6, 6.07) is 13.7. The molecule has 0 saturated carbocycles. The predicted molar refractivity (Wildman–Crippen MR) is 132 cm³/mol. The number of methoxy groups -OCH3 is 2. The number of ether oxygens (including phenoxy) is 3. The number of nitrogens with zero attached hydrogens (tertiary/aromatic N) is 3. The highest BCUT2D eigenvalue weighted by Crippen LogP contribution is 2.36. The first-order valence-electron chi connectivity index (χ1n) is 11.8. The molecule has 2 aromatic carbocycles. The zero-order valence-electron chi connectivity index (χ0n) is 20.4. The molecule has 8 nitrogen and oxygen atoms in total. The maximum Gasteiger partial charge on any atom is 0.257 e. The zero-order valence-corrected chi connectivity index (χ0v) is 20.4. The lowest BCUT2D eigenvalue weighted by molar-refractivity contribution is -0.135. The lowest BCUT2D eigenvalue weighted by Gasteiger charge is -2.34. The first-order chi connectivity index (χ1) is 16.5. The van der Waals surface area contributed by atoms with Crippen LogP contribution in [-0.4, -0.2) is 74.6 Å². The van der Waals surface area contributed by atoms with Crippen molar-refractivity contribution in [2.24, 2.45) is 5.10 Å². The summed E-state index contributed by atoms with van der Waals surface area (Å²) in [4.78, 5) is 15.7. The Morgan fingerprint density at radius 2 is 1.88 bits per heavy atom. The fourth-order valence-corrected chi connectivity index (χ4v) is 4.52. The summed E-state index contributed by atoms with van der Waals surface area (Å²) in [6.45, 7) is 7.67. The van der Waals surface area contributed by atoms with Crippen molar-refractivity contribution in [1.29, 1.82) is 0 Å². The number of amides is 1. The lowest BCUT2D eigenvalue weighted by atomic mass is 9.97. The minimum atomic E-state index is -0.191. The monoisotopic (exact) mass is 466 g/mol. The third-order valence-electron chi connectivity index (χ3n) is 6.44. The minimum absolute atomic E-state index is 0.00452. The van der Waals surface area contributed by atoms with Crippen LogP contribution in [-0.2, 0) is 4.79 Å². The molecule has 4 rings (SSSR count). The van der Waals surface area contributed by atoms with Crippen LogP contribution in [0.2, 0.25) is 0 Å². The fourth-order valence-electron chi connectivity index (χ4n) is 4.52. The average molecular weight is 467 g/mol. The van der Waals surface area contributed by atoms with Crippen LogP contribution in [0.3, 0.4) is 0 Å². The van der Waals surface area contributed by atoms with E-state index in [0.717, 1.165) is 42.2 Å². The number of hydrogen-bond acceptors (Lipinski definition) is 7. The molecule has 2 unspecified atom stereocenters. The van der Waals surface area contributed by atoms with Gasteiger partial charge < -0.3 is 19.5 Å². The van der Waals surface area contributed by atoms with Crippen LogP contribution in [0.4, 0.5) is 0 Å². The van der Waals surface area contributed by atoms with Gasteiger partial charge in [0, 0.05) is 43.7 Å². The van der Waals surface area contributed by atoms with Gasteiger partial charge in [0.25, 0.3) is 5.91 Å². The Morgan fingerprint density at radius 3 is 2.56 bits per heavy atom. The largest absolute Gasteiger partial charge is 0.497 e. The molecular weight excluding hydrogens is 432 g/mol. The minimum Gasteiger partial charge on any atom is -0.497 e. The zero-order chi connectivity index (χ0) is 24.1. The van der Waals surface area contributed by atoms with Crippen LogP contribution < -0.4 is 19.5 Å². The molecule has 2 aliphatic rings. The summed E-state index contributed by atoms with van der Waals surface area (Å²) in [5.41, 5.74) is 2.71. The van der Waals surface area contributed by atoms with Gasteiger partial charge in [0.05, 0.1) is 39.1 Å². The van der Waals surface area contributed by atoms with E-state index in [9.17, 15) is 4.79 Å². The molecule has 2 atom stereocenters. The highest BCUT2D eigenvalue weighted by molar-refractivity contribution is 6.05. The second-order valence-electron chi connectivity index (χ2n) is 8.60. The van der Waals surface area contributed by atoms with Gasteiger partial charge >= 0.3 is 0 Å². The van der Waals surface area contributed by atoms with E-state index in [1.807, 2.05) is 49.4 Å². The highest BCUT2D eigenvalue weighted by Gasteiger charge is 2.35. The van der Waals surface area contributed by atoms with Gasteiger partial charge in [-0.2, -0.15) is 5.10 Å². The van der Waals surface area contributed by atoms with Crippen molar-refractivity contribution in [3.8, 4) is 17.2 Å². The Kier molecular flexibility index (Phi) is 7.70. The molecule has 1 saturated heterocycles. The summed E-state index contributed by atoms with van der Waals surface area (Å²) in [6.07, 6.45) is 0.597.